The molecule has 0 unspecified atom stereocenters. The van der Waals surface area contributed by atoms with Gasteiger partial charge in [-0.3, -0.25) is 0 Å². The largest absolute Gasteiger partial charge is 0.309 e. The third-order valence-electron chi connectivity index (χ3n) is 11.9. The zero-order valence-corrected chi connectivity index (χ0v) is 31.0. The van der Waals surface area contributed by atoms with Gasteiger partial charge in [-0.1, -0.05) is 176 Å². The molecule has 0 N–H and O–H groups in total. The minimum Gasteiger partial charge on any atom is -0.309 e. The number of aromatic nitrogens is 2. The maximum absolute atomic E-state index is 5.45. The van der Waals surface area contributed by atoms with E-state index in [0.717, 1.165) is 44.4 Å². The summed E-state index contributed by atoms with van der Waals surface area (Å²) in [5, 5.41) is 13.7. The van der Waals surface area contributed by atoms with Gasteiger partial charge in [0.25, 0.3) is 0 Å². The number of pyridine rings is 1. The maximum atomic E-state index is 5.45. The van der Waals surface area contributed by atoms with Crippen molar-refractivity contribution in [3.63, 3.8) is 0 Å². The van der Waals surface area contributed by atoms with Crippen molar-refractivity contribution < 1.29 is 0 Å². The molecule has 12 rings (SSSR count). The number of nitrogens with zero attached hydrogens (tertiary/aromatic N) is 2. The van der Waals surface area contributed by atoms with E-state index in [1.165, 1.54) is 70.6 Å². The summed E-state index contributed by atoms with van der Waals surface area (Å²) in [6.45, 7) is 0. The molecular weight excluding hydrogens is 689 g/mol. The van der Waals surface area contributed by atoms with Crippen molar-refractivity contribution in [1.82, 2.24) is 9.55 Å². The molecule has 0 aliphatic heterocycles. The Kier molecular flexibility index (Phi) is 6.96. The fourth-order valence-corrected chi connectivity index (χ4v) is 9.33. The SMILES string of the molecule is c1ccc(-c2nc3cc(-c4ccc(-c5ccc6c7ccccc7c7ccccc7c6c5)cc4)ccc3c3c2ccc2c4ccccc4n(-c4ccccc4)c23)cc1. The lowest BCUT2D eigenvalue weighted by Gasteiger charge is -2.15. The van der Waals surface area contributed by atoms with Crippen LogP contribution in [0.4, 0.5) is 0 Å². The first kappa shape index (κ1) is 31.8. The van der Waals surface area contributed by atoms with Gasteiger partial charge in [0.15, 0.2) is 0 Å². The molecule has 0 aliphatic carbocycles. The average Bonchev–Trinajstić information content (AvgIpc) is 3.63. The number of hydrogen-bond acceptors (Lipinski definition) is 1. The van der Waals surface area contributed by atoms with Crippen LogP contribution in [0.3, 0.4) is 0 Å². The normalized spacial score (nSPS) is 11.9. The molecule has 0 saturated heterocycles. The van der Waals surface area contributed by atoms with Crippen molar-refractivity contribution in [2.75, 3.05) is 0 Å². The Morgan fingerprint density at radius 3 is 1.44 bits per heavy atom. The van der Waals surface area contributed by atoms with Gasteiger partial charge in [0.05, 0.1) is 22.2 Å². The van der Waals surface area contributed by atoms with Crippen molar-refractivity contribution in [3.05, 3.63) is 206 Å². The van der Waals surface area contributed by atoms with Crippen molar-refractivity contribution >= 4 is 75.8 Å². The standard InChI is InChI=1S/C55H34N2/c1-3-13-37(14-4-1)54-49-32-31-47-46-21-11-12-22-52(46)57(40-15-5-2-6-16-40)55(47)53(49)48-30-28-39(34-51(48)56-54)36-25-23-35(24-26-36)38-27-29-45-43-19-8-7-17-41(43)42-18-9-10-20-44(42)50(45)33-38/h1-34H. The third kappa shape index (κ3) is 4.87. The molecule has 10 aromatic carbocycles. The van der Waals surface area contributed by atoms with Gasteiger partial charge in [0.2, 0.25) is 0 Å². The van der Waals surface area contributed by atoms with Crippen molar-refractivity contribution in [1.29, 1.82) is 0 Å². The summed E-state index contributed by atoms with van der Waals surface area (Å²) in [6, 6.07) is 75.0. The molecule has 2 aromatic heterocycles. The fraction of sp³-hybridized carbons (Fsp3) is 0. The number of rotatable bonds is 4. The second-order valence-corrected chi connectivity index (χ2v) is 15.1. The zero-order valence-electron chi connectivity index (χ0n) is 31.0. The summed E-state index contributed by atoms with van der Waals surface area (Å²) in [4.78, 5) is 5.45. The van der Waals surface area contributed by atoms with Gasteiger partial charge >= 0.3 is 0 Å². The molecule has 0 fully saturated rings. The van der Waals surface area contributed by atoms with E-state index in [9.17, 15) is 0 Å². The molecule has 57 heavy (non-hydrogen) atoms. The highest BCUT2D eigenvalue weighted by molar-refractivity contribution is 6.28. The summed E-state index contributed by atoms with van der Waals surface area (Å²) in [7, 11) is 0. The van der Waals surface area contributed by atoms with Crippen molar-refractivity contribution in [2.45, 2.75) is 0 Å². The van der Waals surface area contributed by atoms with E-state index in [2.05, 4.69) is 211 Å². The molecule has 2 heterocycles. The van der Waals surface area contributed by atoms with E-state index in [0.29, 0.717) is 0 Å². The smallest absolute Gasteiger partial charge is 0.0788 e. The minimum absolute atomic E-state index is 0.980. The second kappa shape index (κ2) is 12.5. The first-order valence-electron chi connectivity index (χ1n) is 19.6. The summed E-state index contributed by atoms with van der Waals surface area (Å²) >= 11 is 0. The lowest BCUT2D eigenvalue weighted by Crippen LogP contribution is -1.96. The number of hydrogen-bond donors (Lipinski definition) is 0. The molecule has 0 saturated carbocycles. The highest BCUT2D eigenvalue weighted by Gasteiger charge is 2.20. The molecule has 12 aromatic rings. The molecule has 2 nitrogen and oxygen atoms in total. The quantitative estimate of drug-likeness (QED) is 0.165. The zero-order chi connectivity index (χ0) is 37.5. The van der Waals surface area contributed by atoms with Crippen LogP contribution < -0.4 is 0 Å². The first-order chi connectivity index (χ1) is 28.3. The molecule has 0 amide bonds. The van der Waals surface area contributed by atoms with E-state index < -0.39 is 0 Å². The van der Waals surface area contributed by atoms with Crippen molar-refractivity contribution in [2.24, 2.45) is 0 Å². The van der Waals surface area contributed by atoms with Crippen molar-refractivity contribution in [3.8, 4) is 39.2 Å². The number of para-hydroxylation sites is 2. The molecule has 2 heteroatoms. The van der Waals surface area contributed by atoms with E-state index in [4.69, 9.17) is 4.98 Å². The fourth-order valence-electron chi connectivity index (χ4n) is 9.33. The van der Waals surface area contributed by atoms with E-state index in [1.54, 1.807) is 0 Å². The molecular formula is C55H34N2. The first-order valence-corrected chi connectivity index (χ1v) is 19.6. The summed E-state index contributed by atoms with van der Waals surface area (Å²) in [5.41, 5.74) is 11.4. The lowest BCUT2D eigenvalue weighted by molar-refractivity contribution is 1.19. The van der Waals surface area contributed by atoms with Crippen LogP contribution in [0.5, 0.6) is 0 Å². The molecule has 0 spiro atoms. The van der Waals surface area contributed by atoms with Crippen LogP contribution in [0.25, 0.3) is 115 Å². The Balaban J connectivity index is 1.04. The number of benzene rings is 10. The van der Waals surface area contributed by atoms with Crippen LogP contribution in [0.2, 0.25) is 0 Å². The van der Waals surface area contributed by atoms with Crippen LogP contribution in [0.15, 0.2) is 206 Å². The van der Waals surface area contributed by atoms with Gasteiger partial charge in [-0.05, 0) is 84.9 Å². The Labute approximate surface area is 329 Å². The van der Waals surface area contributed by atoms with Gasteiger partial charge in [0.1, 0.15) is 0 Å². The predicted octanol–water partition coefficient (Wildman–Crippen LogP) is 14.9. The van der Waals surface area contributed by atoms with Crippen LogP contribution in [0, 0.1) is 0 Å². The third-order valence-corrected chi connectivity index (χ3v) is 11.9. The molecule has 0 atom stereocenters. The van der Waals surface area contributed by atoms with Crippen LogP contribution in [-0.4, -0.2) is 9.55 Å². The van der Waals surface area contributed by atoms with Crippen LogP contribution in [0.1, 0.15) is 0 Å². The highest BCUT2D eigenvalue weighted by atomic mass is 15.0. The molecule has 0 radical (unpaired) electrons. The van der Waals surface area contributed by atoms with Gasteiger partial charge < -0.3 is 4.57 Å². The summed E-state index contributed by atoms with van der Waals surface area (Å²) in [6.07, 6.45) is 0. The van der Waals surface area contributed by atoms with Gasteiger partial charge in [-0.25, -0.2) is 4.98 Å². The Hall–Kier alpha value is -7.55. The molecule has 0 bridgehead atoms. The van der Waals surface area contributed by atoms with E-state index >= 15 is 0 Å². The molecule has 0 aliphatic rings. The van der Waals surface area contributed by atoms with E-state index in [-0.39, 0.29) is 0 Å². The van der Waals surface area contributed by atoms with Gasteiger partial charge in [-0.2, -0.15) is 0 Å². The van der Waals surface area contributed by atoms with Crippen LogP contribution in [-0.2, 0) is 0 Å². The highest BCUT2D eigenvalue weighted by Crippen LogP contribution is 2.43. The average molecular weight is 723 g/mol. The lowest BCUT2D eigenvalue weighted by atomic mass is 9.91. The van der Waals surface area contributed by atoms with Gasteiger partial charge in [-0.15, -0.1) is 0 Å². The molecule has 264 valence electrons. The monoisotopic (exact) mass is 722 g/mol. The Bertz CT molecular complexity index is 3510. The summed E-state index contributed by atoms with van der Waals surface area (Å²) < 4.78 is 2.44. The maximum Gasteiger partial charge on any atom is 0.0788 e. The van der Waals surface area contributed by atoms with E-state index in [1.807, 2.05) is 0 Å². The summed E-state index contributed by atoms with van der Waals surface area (Å²) in [5.74, 6) is 0. The number of fused-ring (bicyclic) bond motifs is 13. The Morgan fingerprint density at radius 1 is 0.298 bits per heavy atom. The minimum atomic E-state index is 0.980. The second-order valence-electron chi connectivity index (χ2n) is 15.1. The Morgan fingerprint density at radius 2 is 0.772 bits per heavy atom. The topological polar surface area (TPSA) is 17.8 Å². The predicted molar refractivity (Wildman–Crippen MR) is 242 cm³/mol. The van der Waals surface area contributed by atoms with Gasteiger partial charge in [0, 0.05) is 38.2 Å². The van der Waals surface area contributed by atoms with Crippen LogP contribution >= 0.6 is 0 Å².